The van der Waals surface area contributed by atoms with E-state index in [1.54, 1.807) is 18.4 Å². The van der Waals surface area contributed by atoms with E-state index in [0.29, 0.717) is 6.61 Å². The summed E-state index contributed by atoms with van der Waals surface area (Å²) in [5.41, 5.74) is 4.08. The Morgan fingerprint density at radius 1 is 1.26 bits per heavy atom. The number of nitrogens with one attached hydrogen (secondary N) is 1. The number of ether oxygens (including phenoxy) is 2. The van der Waals surface area contributed by atoms with Crippen LogP contribution in [0.4, 0.5) is 0 Å². The number of thiazole rings is 1. The summed E-state index contributed by atoms with van der Waals surface area (Å²) in [6.07, 6.45) is 0. The molecule has 0 bridgehead atoms. The first-order valence-electron chi connectivity index (χ1n) is 6.21. The molecule has 0 unspecified atom stereocenters. The number of methoxy groups -OCH3 is 1. The van der Waals surface area contributed by atoms with Crippen molar-refractivity contribution >= 4 is 11.3 Å². The Kier molecular flexibility index (Phi) is 5.18. The Hall–Kier alpha value is -1.59. The Morgan fingerprint density at radius 3 is 2.84 bits per heavy atom. The topological polar surface area (TPSA) is 43.4 Å². The zero-order chi connectivity index (χ0) is 13.5. The molecular formula is C14H18N2O2S. The molecule has 1 aromatic carbocycles. The smallest absolute Gasteiger partial charge is 0.161 e. The van der Waals surface area contributed by atoms with Crippen molar-refractivity contribution in [2.75, 3.05) is 13.7 Å². The highest BCUT2D eigenvalue weighted by Gasteiger charge is 2.05. The fourth-order valence-electron chi connectivity index (χ4n) is 1.76. The van der Waals surface area contributed by atoms with Crippen LogP contribution < -0.4 is 14.8 Å². The number of benzene rings is 1. The van der Waals surface area contributed by atoms with E-state index in [1.807, 2.05) is 36.0 Å². The van der Waals surface area contributed by atoms with E-state index in [-0.39, 0.29) is 0 Å². The summed E-state index contributed by atoms with van der Waals surface area (Å²) >= 11 is 1.61. The van der Waals surface area contributed by atoms with Crippen LogP contribution in [0.1, 0.15) is 18.2 Å². The first kappa shape index (κ1) is 13.8. The minimum atomic E-state index is 0.631. The minimum absolute atomic E-state index is 0.631. The summed E-state index contributed by atoms with van der Waals surface area (Å²) in [5.74, 6) is 1.56. The Balaban J connectivity index is 1.94. The van der Waals surface area contributed by atoms with Gasteiger partial charge in [-0.15, -0.1) is 11.3 Å². The van der Waals surface area contributed by atoms with Crippen LogP contribution in [-0.2, 0) is 13.1 Å². The molecule has 0 spiro atoms. The van der Waals surface area contributed by atoms with Gasteiger partial charge in [0.05, 0.1) is 24.9 Å². The Bertz CT molecular complexity index is 500. The fourth-order valence-corrected chi connectivity index (χ4v) is 2.32. The van der Waals surface area contributed by atoms with Crippen LogP contribution in [0.15, 0.2) is 29.1 Å². The highest BCUT2D eigenvalue weighted by Crippen LogP contribution is 2.27. The third-order valence-electron chi connectivity index (χ3n) is 2.65. The molecule has 2 aromatic rings. The van der Waals surface area contributed by atoms with Crippen molar-refractivity contribution in [1.29, 1.82) is 0 Å². The predicted octanol–water partition coefficient (Wildman–Crippen LogP) is 2.84. The molecule has 0 aliphatic rings. The molecule has 0 radical (unpaired) electrons. The van der Waals surface area contributed by atoms with Crippen LogP contribution in [0.5, 0.6) is 11.5 Å². The molecule has 0 saturated carbocycles. The lowest BCUT2D eigenvalue weighted by Crippen LogP contribution is -2.13. The molecule has 0 saturated heterocycles. The van der Waals surface area contributed by atoms with E-state index in [4.69, 9.17) is 9.47 Å². The summed E-state index contributed by atoms with van der Waals surface area (Å²) < 4.78 is 10.8. The third kappa shape index (κ3) is 3.94. The van der Waals surface area contributed by atoms with Crippen LogP contribution in [0, 0.1) is 0 Å². The molecule has 0 atom stereocenters. The SMILES string of the molecule is CCOc1cc(CNCc2cscn2)ccc1OC. The van der Waals surface area contributed by atoms with Gasteiger partial charge in [0.25, 0.3) is 0 Å². The molecular weight excluding hydrogens is 260 g/mol. The van der Waals surface area contributed by atoms with E-state index < -0.39 is 0 Å². The van der Waals surface area contributed by atoms with Gasteiger partial charge in [-0.25, -0.2) is 4.98 Å². The van der Waals surface area contributed by atoms with Gasteiger partial charge in [-0.1, -0.05) is 6.07 Å². The molecule has 0 aliphatic carbocycles. The minimum Gasteiger partial charge on any atom is -0.493 e. The monoisotopic (exact) mass is 278 g/mol. The zero-order valence-electron chi connectivity index (χ0n) is 11.2. The van der Waals surface area contributed by atoms with Crippen LogP contribution in [0.25, 0.3) is 0 Å². The molecule has 0 aliphatic heterocycles. The van der Waals surface area contributed by atoms with Crippen molar-refractivity contribution in [3.63, 3.8) is 0 Å². The van der Waals surface area contributed by atoms with Crippen molar-refractivity contribution in [2.45, 2.75) is 20.0 Å². The van der Waals surface area contributed by atoms with Gasteiger partial charge in [-0.05, 0) is 24.6 Å². The maximum absolute atomic E-state index is 5.56. The number of hydrogen-bond acceptors (Lipinski definition) is 5. The third-order valence-corrected chi connectivity index (χ3v) is 3.28. The quantitative estimate of drug-likeness (QED) is 0.846. The normalized spacial score (nSPS) is 10.4. The molecule has 5 heteroatoms. The maximum atomic E-state index is 5.56. The number of nitrogens with zero attached hydrogens (tertiary/aromatic N) is 1. The van der Waals surface area contributed by atoms with Gasteiger partial charge >= 0.3 is 0 Å². The highest BCUT2D eigenvalue weighted by atomic mass is 32.1. The molecule has 102 valence electrons. The van der Waals surface area contributed by atoms with Gasteiger partial charge in [0.15, 0.2) is 11.5 Å². The van der Waals surface area contributed by atoms with Crippen molar-refractivity contribution in [3.05, 3.63) is 40.3 Å². The van der Waals surface area contributed by atoms with Crippen LogP contribution >= 0.6 is 11.3 Å². The van der Waals surface area contributed by atoms with Crippen LogP contribution in [0.2, 0.25) is 0 Å². The van der Waals surface area contributed by atoms with E-state index in [2.05, 4.69) is 10.3 Å². The molecule has 2 rings (SSSR count). The lowest BCUT2D eigenvalue weighted by Gasteiger charge is -2.11. The average Bonchev–Trinajstić information content (AvgIpc) is 2.93. The van der Waals surface area contributed by atoms with Gasteiger partial charge < -0.3 is 14.8 Å². The summed E-state index contributed by atoms with van der Waals surface area (Å²) in [5, 5.41) is 5.41. The maximum Gasteiger partial charge on any atom is 0.161 e. The summed E-state index contributed by atoms with van der Waals surface area (Å²) in [6, 6.07) is 5.98. The van der Waals surface area contributed by atoms with Gasteiger partial charge in [0.1, 0.15) is 0 Å². The molecule has 0 amide bonds. The van der Waals surface area contributed by atoms with Crippen molar-refractivity contribution in [2.24, 2.45) is 0 Å². The number of rotatable bonds is 7. The summed E-state index contributed by atoms with van der Waals surface area (Å²) in [6.45, 7) is 4.15. The zero-order valence-corrected chi connectivity index (χ0v) is 12.0. The molecule has 1 N–H and O–H groups in total. The molecule has 1 heterocycles. The van der Waals surface area contributed by atoms with Gasteiger partial charge in [0, 0.05) is 18.5 Å². The average molecular weight is 278 g/mol. The van der Waals surface area contributed by atoms with E-state index in [1.165, 1.54) is 5.56 Å². The Morgan fingerprint density at radius 2 is 2.16 bits per heavy atom. The lowest BCUT2D eigenvalue weighted by atomic mass is 10.2. The van der Waals surface area contributed by atoms with Gasteiger partial charge in [-0.2, -0.15) is 0 Å². The summed E-state index contributed by atoms with van der Waals surface area (Å²) in [4.78, 5) is 4.23. The van der Waals surface area contributed by atoms with E-state index in [9.17, 15) is 0 Å². The molecule has 0 fully saturated rings. The van der Waals surface area contributed by atoms with Gasteiger partial charge in [0.2, 0.25) is 0 Å². The van der Waals surface area contributed by atoms with Gasteiger partial charge in [-0.3, -0.25) is 0 Å². The second-order valence-corrected chi connectivity index (χ2v) is 4.72. The van der Waals surface area contributed by atoms with Crippen LogP contribution in [0.3, 0.4) is 0 Å². The predicted molar refractivity (Wildman–Crippen MR) is 76.8 cm³/mol. The summed E-state index contributed by atoms with van der Waals surface area (Å²) in [7, 11) is 1.65. The molecule has 1 aromatic heterocycles. The fraction of sp³-hybridized carbons (Fsp3) is 0.357. The second kappa shape index (κ2) is 7.11. The van der Waals surface area contributed by atoms with E-state index >= 15 is 0 Å². The van der Waals surface area contributed by atoms with Crippen molar-refractivity contribution in [1.82, 2.24) is 10.3 Å². The largest absolute Gasteiger partial charge is 0.493 e. The molecule has 19 heavy (non-hydrogen) atoms. The first-order valence-corrected chi connectivity index (χ1v) is 7.15. The van der Waals surface area contributed by atoms with Crippen molar-refractivity contribution < 1.29 is 9.47 Å². The number of hydrogen-bond donors (Lipinski definition) is 1. The number of aromatic nitrogens is 1. The Labute approximate surface area is 117 Å². The molecule has 4 nitrogen and oxygen atoms in total. The standard InChI is InChI=1S/C14H18N2O2S/c1-3-18-14-6-11(4-5-13(14)17-2)7-15-8-12-9-19-10-16-12/h4-6,9-10,15H,3,7-8H2,1-2H3. The highest BCUT2D eigenvalue weighted by molar-refractivity contribution is 7.07. The van der Waals surface area contributed by atoms with Crippen molar-refractivity contribution in [3.8, 4) is 11.5 Å². The lowest BCUT2D eigenvalue weighted by molar-refractivity contribution is 0.310. The van der Waals surface area contributed by atoms with E-state index in [0.717, 1.165) is 30.3 Å². The first-order chi connectivity index (χ1) is 9.33. The second-order valence-electron chi connectivity index (χ2n) is 4.00. The van der Waals surface area contributed by atoms with Crippen LogP contribution in [-0.4, -0.2) is 18.7 Å².